The van der Waals surface area contributed by atoms with Crippen LogP contribution in [-0.4, -0.2) is 52.5 Å². The molecule has 10 nitrogen and oxygen atoms in total. The molecule has 0 fully saturated rings. The number of amides is 1. The van der Waals surface area contributed by atoms with Gasteiger partial charge in [0.25, 0.3) is 0 Å². The largest absolute Gasteiger partial charge is 0.507 e. The molecule has 1 aromatic heterocycles. The van der Waals surface area contributed by atoms with E-state index in [-0.39, 0.29) is 39.7 Å². The van der Waals surface area contributed by atoms with Gasteiger partial charge in [-0.05, 0) is 85.7 Å². The van der Waals surface area contributed by atoms with Crippen LogP contribution in [-0.2, 0) is 32.3 Å². The molecule has 286 valence electrons. The summed E-state index contributed by atoms with van der Waals surface area (Å²) < 4.78 is 11.7. The fourth-order valence-electron chi connectivity index (χ4n) is 5.97. The van der Waals surface area contributed by atoms with Crippen molar-refractivity contribution < 1.29 is 29.3 Å². The van der Waals surface area contributed by atoms with Gasteiger partial charge in [0.1, 0.15) is 23.7 Å². The molecule has 54 heavy (non-hydrogen) atoms. The Morgan fingerprint density at radius 2 is 1.56 bits per heavy atom. The first kappa shape index (κ1) is 40.4. The van der Waals surface area contributed by atoms with Crippen LogP contribution in [0.1, 0.15) is 89.4 Å². The number of ketones is 1. The fourth-order valence-corrected chi connectivity index (χ4v) is 7.85. The summed E-state index contributed by atoms with van der Waals surface area (Å²) in [6, 6.07) is 16.5. The maximum Gasteiger partial charge on any atom is 0.414 e. The highest BCUT2D eigenvalue weighted by Gasteiger charge is 2.41. The molecule has 5 rings (SSSR count). The average molecular weight is 772 g/mol. The number of phenolic OH excluding ortho intramolecular Hbond substituents is 1. The van der Waals surface area contributed by atoms with Crippen LogP contribution in [0, 0.1) is 0 Å². The monoisotopic (exact) mass is 771 g/mol. The lowest BCUT2D eigenvalue weighted by molar-refractivity contribution is -0.124. The van der Waals surface area contributed by atoms with Crippen molar-refractivity contribution in [3.63, 3.8) is 0 Å². The predicted octanol–water partition coefficient (Wildman–Crippen LogP) is 9.04. The molecule has 0 bridgehead atoms. The van der Waals surface area contributed by atoms with Gasteiger partial charge in [-0.3, -0.25) is 24.5 Å². The lowest BCUT2D eigenvalue weighted by Crippen LogP contribution is -2.36. The molecule has 3 N–H and O–H groups in total. The SMILES string of the molecule is CN(C(=O)OC(C)(C)C)c1ccc(C2(C(=O)COc3ccc(Cc4sc(=O)[nH]c4O)cc3)C=CC=N2)c(Sc2cc(C(C)(C)C)c(O)c(C(C)(C)C)c2)c1. The van der Waals surface area contributed by atoms with Gasteiger partial charge in [-0.25, -0.2) is 4.79 Å². The Bertz CT molecular complexity index is 2110. The maximum atomic E-state index is 14.3. The van der Waals surface area contributed by atoms with Gasteiger partial charge in [-0.1, -0.05) is 82.8 Å². The van der Waals surface area contributed by atoms with Gasteiger partial charge >= 0.3 is 11.0 Å². The van der Waals surface area contributed by atoms with E-state index in [1.54, 1.807) is 43.6 Å². The topological polar surface area (TPSA) is 142 Å². The first-order chi connectivity index (χ1) is 25.1. The van der Waals surface area contributed by atoms with Crippen LogP contribution in [0.15, 0.2) is 86.3 Å². The van der Waals surface area contributed by atoms with Gasteiger partial charge in [-0.15, -0.1) is 0 Å². The molecular weight excluding hydrogens is 723 g/mol. The molecule has 0 spiro atoms. The van der Waals surface area contributed by atoms with E-state index < -0.39 is 17.2 Å². The number of rotatable bonds is 10. The molecule has 1 aliphatic rings. The van der Waals surface area contributed by atoms with Gasteiger partial charge in [0.05, 0.1) is 4.88 Å². The van der Waals surface area contributed by atoms with Crippen LogP contribution in [0.3, 0.4) is 0 Å². The zero-order chi connectivity index (χ0) is 39.8. The number of benzene rings is 3. The molecule has 0 aliphatic carbocycles. The summed E-state index contributed by atoms with van der Waals surface area (Å²) in [5.74, 6) is 0.295. The normalized spacial score (nSPS) is 15.7. The lowest BCUT2D eigenvalue weighted by atomic mass is 9.79. The molecule has 0 radical (unpaired) electrons. The van der Waals surface area contributed by atoms with Crippen LogP contribution in [0.2, 0.25) is 0 Å². The highest BCUT2D eigenvalue weighted by Crippen LogP contribution is 2.46. The third-order valence-electron chi connectivity index (χ3n) is 8.84. The number of aromatic amines is 1. The number of carbonyl (C=O) groups is 2. The summed E-state index contributed by atoms with van der Waals surface area (Å²) in [7, 11) is 1.64. The number of Topliss-reactive ketones (excluding diaryl/α,β-unsaturated/α-hetero) is 1. The second-order valence-electron chi connectivity index (χ2n) is 16.4. The number of phenols is 1. The maximum absolute atomic E-state index is 14.3. The van der Waals surface area contributed by atoms with E-state index in [2.05, 4.69) is 46.5 Å². The number of aromatic hydroxyl groups is 2. The number of hydrogen-bond acceptors (Lipinski definition) is 10. The van der Waals surface area contributed by atoms with E-state index in [1.165, 1.54) is 16.7 Å². The Balaban J connectivity index is 1.52. The van der Waals surface area contributed by atoms with Crippen molar-refractivity contribution >= 4 is 46.9 Å². The third kappa shape index (κ3) is 9.10. The average Bonchev–Trinajstić information content (AvgIpc) is 3.69. The summed E-state index contributed by atoms with van der Waals surface area (Å²) in [5, 5.41) is 21.4. The molecule has 3 aromatic carbocycles. The van der Waals surface area contributed by atoms with Crippen LogP contribution in [0.4, 0.5) is 10.5 Å². The smallest absolute Gasteiger partial charge is 0.414 e. The van der Waals surface area contributed by atoms with Crippen LogP contribution in [0.25, 0.3) is 0 Å². The Morgan fingerprint density at radius 1 is 0.926 bits per heavy atom. The van der Waals surface area contributed by atoms with E-state index in [0.717, 1.165) is 32.9 Å². The molecule has 12 heteroatoms. The van der Waals surface area contributed by atoms with Gasteiger partial charge in [-0.2, -0.15) is 0 Å². The zero-order valence-electron chi connectivity index (χ0n) is 32.5. The predicted molar refractivity (Wildman–Crippen MR) is 216 cm³/mol. The first-order valence-corrected chi connectivity index (χ1v) is 19.3. The van der Waals surface area contributed by atoms with Crippen LogP contribution in [0.5, 0.6) is 17.4 Å². The molecular formula is C42H49N3O7S2. The zero-order valence-corrected chi connectivity index (χ0v) is 34.1. The van der Waals surface area contributed by atoms with Crippen molar-refractivity contribution in [3.8, 4) is 17.4 Å². The summed E-state index contributed by atoms with van der Waals surface area (Å²) in [6.07, 6.45) is 4.94. The summed E-state index contributed by atoms with van der Waals surface area (Å²) >= 11 is 2.39. The number of H-pyrrole nitrogens is 1. The number of anilines is 1. The molecule has 1 unspecified atom stereocenters. The van der Waals surface area contributed by atoms with Gasteiger partial charge in [0, 0.05) is 51.9 Å². The Morgan fingerprint density at radius 3 is 2.07 bits per heavy atom. The standard InChI is InChI=1S/C42H49N3O7S2/c1-39(2,3)30-22-28(23-31(35(30)47)40(4,5)6)53-32-21-26(45(10)38(50)52-41(7,8)9)14-17-29(32)42(18-11-19-43-42)34(46)24-51-27-15-12-25(13-16-27)20-33-36(48)44-37(49)54-33/h11-19,21-23,47-48H,20,24H2,1-10H3,(H,44,49). The molecule has 1 atom stereocenters. The number of allylic oxidation sites excluding steroid dienone is 1. The molecule has 1 amide bonds. The van der Waals surface area contributed by atoms with E-state index in [4.69, 9.17) is 14.5 Å². The van der Waals surface area contributed by atoms with Crippen molar-refractivity contribution in [1.82, 2.24) is 4.98 Å². The van der Waals surface area contributed by atoms with Crippen molar-refractivity contribution in [2.45, 2.75) is 100 Å². The Kier molecular flexibility index (Phi) is 11.3. The second kappa shape index (κ2) is 15.1. The van der Waals surface area contributed by atoms with E-state index in [0.29, 0.717) is 33.2 Å². The van der Waals surface area contributed by atoms with Gasteiger partial charge in [0.2, 0.25) is 11.7 Å². The first-order valence-electron chi connectivity index (χ1n) is 17.6. The van der Waals surface area contributed by atoms with E-state index >= 15 is 0 Å². The minimum atomic E-state index is -1.41. The number of aromatic nitrogens is 1. The molecule has 4 aromatic rings. The molecule has 1 aliphatic heterocycles. The van der Waals surface area contributed by atoms with E-state index in [1.807, 2.05) is 57.2 Å². The molecule has 0 saturated heterocycles. The van der Waals surface area contributed by atoms with Crippen LogP contribution < -0.4 is 14.5 Å². The quantitative estimate of drug-likeness (QED) is 0.145. The minimum Gasteiger partial charge on any atom is -0.507 e. The van der Waals surface area contributed by atoms with Gasteiger partial charge < -0.3 is 19.7 Å². The molecule has 0 saturated carbocycles. The Labute approximate surface area is 325 Å². The highest BCUT2D eigenvalue weighted by molar-refractivity contribution is 7.99. The van der Waals surface area contributed by atoms with Crippen molar-refractivity contribution in [2.24, 2.45) is 4.99 Å². The van der Waals surface area contributed by atoms with E-state index in [9.17, 15) is 24.6 Å². The van der Waals surface area contributed by atoms with Gasteiger partial charge in [0.15, 0.2) is 5.54 Å². The number of carbonyl (C=O) groups excluding carboxylic acids is 2. The lowest BCUT2D eigenvalue weighted by Gasteiger charge is -2.30. The summed E-state index contributed by atoms with van der Waals surface area (Å²) in [6.45, 7) is 17.5. The fraction of sp³-hybridized carbons (Fsp3) is 0.381. The number of thiazole rings is 1. The highest BCUT2D eigenvalue weighted by atomic mass is 32.2. The van der Waals surface area contributed by atoms with Crippen molar-refractivity contribution in [1.29, 1.82) is 0 Å². The van der Waals surface area contributed by atoms with Crippen LogP contribution >= 0.6 is 23.1 Å². The number of hydrogen-bond donors (Lipinski definition) is 3. The van der Waals surface area contributed by atoms with Crippen molar-refractivity contribution in [3.05, 3.63) is 104 Å². The number of ether oxygens (including phenoxy) is 2. The number of nitrogens with one attached hydrogen (secondary N) is 1. The summed E-state index contributed by atoms with van der Waals surface area (Å²) in [5.41, 5.74) is 0.783. The second-order valence-corrected chi connectivity index (χ2v) is 18.6. The minimum absolute atomic E-state index is 0.136. The summed E-state index contributed by atoms with van der Waals surface area (Å²) in [4.78, 5) is 49.4. The number of nitrogens with zero attached hydrogens (tertiary/aromatic N) is 2. The Hall–Kier alpha value is -4.81. The number of aliphatic imine (C=N–C) groups is 1. The molecule has 2 heterocycles. The van der Waals surface area contributed by atoms with Crippen molar-refractivity contribution in [2.75, 3.05) is 18.6 Å². The third-order valence-corrected chi connectivity index (χ3v) is 10.7.